The van der Waals surface area contributed by atoms with Gasteiger partial charge in [-0.05, 0) is 0 Å². The van der Waals surface area contributed by atoms with Gasteiger partial charge in [0.25, 0.3) is 11.6 Å². The van der Waals surface area contributed by atoms with Crippen LogP contribution in [-0.2, 0) is 9.59 Å². The lowest BCUT2D eigenvalue weighted by atomic mass is 10.4. The van der Waals surface area contributed by atoms with Crippen molar-refractivity contribution >= 4 is 11.6 Å². The van der Waals surface area contributed by atoms with Crippen LogP contribution >= 0.6 is 0 Å². The van der Waals surface area contributed by atoms with Crippen molar-refractivity contribution < 1.29 is 35.9 Å². The Balaban J connectivity index is 3.80. The molecule has 0 aromatic carbocycles. The number of alkyl halides is 6. The highest BCUT2D eigenvalue weighted by Crippen LogP contribution is 2.16. The Kier molecular flexibility index (Phi) is 6.80. The van der Waals surface area contributed by atoms with E-state index in [9.17, 15) is 35.9 Å². The maximum absolute atomic E-state index is 11.7. The Hall–Kier alpha value is -2.00. The van der Waals surface area contributed by atoms with Crippen LogP contribution in [0.2, 0.25) is 0 Å². The van der Waals surface area contributed by atoms with E-state index < -0.39 is 23.9 Å². The average molecular weight is 304 g/mol. The van der Waals surface area contributed by atoms with Crippen LogP contribution in [0.1, 0.15) is 0 Å². The van der Waals surface area contributed by atoms with E-state index in [2.05, 4.69) is 10.6 Å². The highest BCUT2D eigenvalue weighted by molar-refractivity contribution is 5.94. The van der Waals surface area contributed by atoms with Crippen LogP contribution in [0, 0.1) is 0 Å². The first-order valence-corrected chi connectivity index (χ1v) is 5.07. The highest BCUT2D eigenvalue weighted by Gasteiger charge is 2.36. The van der Waals surface area contributed by atoms with Crippen molar-refractivity contribution in [1.82, 2.24) is 10.6 Å². The van der Waals surface area contributed by atoms with Crippen molar-refractivity contribution in [3.63, 3.8) is 0 Å². The van der Waals surface area contributed by atoms with Crippen LogP contribution in [0.5, 0.6) is 0 Å². The molecular weight excluding hydrogens is 294 g/mol. The predicted octanol–water partition coefficient (Wildman–Crippen LogP) is 1.46. The number of hydrogen-bond acceptors (Lipinski definition) is 4. The van der Waals surface area contributed by atoms with Crippen LogP contribution in [0.4, 0.5) is 26.3 Å². The third-order valence-electron chi connectivity index (χ3n) is 1.68. The summed E-state index contributed by atoms with van der Waals surface area (Å²) in [5, 5.41) is 4.60. The standard InChI is InChI=1S/C10H10F6N2O2/c11-9(12,13)7(19)1-3-17-5-6-18-4-2-8(20)10(14,15)16/h1-4,17-18H,5-6H2/b3-1-,4-2-. The predicted molar refractivity (Wildman–Crippen MR) is 56.4 cm³/mol. The van der Waals surface area contributed by atoms with Crippen LogP contribution in [0.25, 0.3) is 0 Å². The molecule has 0 saturated heterocycles. The number of carbonyl (C=O) groups is 2. The average Bonchev–Trinajstić information content (AvgIpc) is 2.29. The minimum atomic E-state index is -4.95. The first-order chi connectivity index (χ1) is 9.05. The van der Waals surface area contributed by atoms with Crippen molar-refractivity contribution in [3.8, 4) is 0 Å². The molecule has 0 radical (unpaired) electrons. The van der Waals surface area contributed by atoms with Crippen LogP contribution in [0.15, 0.2) is 24.6 Å². The molecule has 0 aromatic rings. The Morgan fingerprint density at radius 2 is 1.05 bits per heavy atom. The summed E-state index contributed by atoms with van der Waals surface area (Å²) in [6.45, 7) is 0.0678. The molecule has 4 nitrogen and oxygen atoms in total. The van der Waals surface area contributed by atoms with Crippen LogP contribution < -0.4 is 10.6 Å². The molecular formula is C10H10F6N2O2. The monoisotopic (exact) mass is 304 g/mol. The topological polar surface area (TPSA) is 58.2 Å². The van der Waals surface area contributed by atoms with Gasteiger partial charge in [0, 0.05) is 37.6 Å². The van der Waals surface area contributed by atoms with Crippen molar-refractivity contribution in [1.29, 1.82) is 0 Å². The lowest BCUT2D eigenvalue weighted by Crippen LogP contribution is -2.24. The summed E-state index contributed by atoms with van der Waals surface area (Å²) < 4.78 is 70.3. The third-order valence-corrected chi connectivity index (χ3v) is 1.68. The van der Waals surface area contributed by atoms with Gasteiger partial charge in [-0.25, -0.2) is 0 Å². The summed E-state index contributed by atoms with van der Waals surface area (Å²) >= 11 is 0. The van der Waals surface area contributed by atoms with Gasteiger partial charge in [-0.1, -0.05) is 0 Å². The largest absolute Gasteiger partial charge is 0.454 e. The molecule has 0 saturated carbocycles. The summed E-state index contributed by atoms with van der Waals surface area (Å²) in [6, 6.07) is 0. The molecule has 0 heterocycles. The zero-order valence-electron chi connectivity index (χ0n) is 9.81. The fraction of sp³-hybridized carbons (Fsp3) is 0.400. The Morgan fingerprint density at radius 1 is 0.750 bits per heavy atom. The number of nitrogens with one attached hydrogen (secondary N) is 2. The third kappa shape index (κ3) is 8.16. The number of halogens is 6. The maximum Gasteiger partial charge on any atom is 0.454 e. The summed E-state index contributed by atoms with van der Waals surface area (Å²) in [6.07, 6.45) is -7.80. The Bertz CT molecular complexity index is 360. The summed E-state index contributed by atoms with van der Waals surface area (Å²) in [4.78, 5) is 20.7. The fourth-order valence-electron chi connectivity index (χ4n) is 0.769. The normalized spacial score (nSPS) is 12.9. The van der Waals surface area contributed by atoms with E-state index in [0.717, 1.165) is 12.4 Å². The summed E-state index contributed by atoms with van der Waals surface area (Å²) in [5.41, 5.74) is 0. The van der Waals surface area contributed by atoms with Crippen LogP contribution in [-0.4, -0.2) is 37.0 Å². The Morgan fingerprint density at radius 3 is 1.30 bits per heavy atom. The van der Waals surface area contributed by atoms with Gasteiger partial charge in [-0.15, -0.1) is 0 Å². The van der Waals surface area contributed by atoms with E-state index in [1.165, 1.54) is 0 Å². The minimum absolute atomic E-state index is 0.0339. The van der Waals surface area contributed by atoms with Gasteiger partial charge in [0.1, 0.15) is 0 Å². The molecule has 0 spiro atoms. The molecule has 0 rings (SSSR count). The quantitative estimate of drug-likeness (QED) is 0.425. The summed E-state index contributed by atoms with van der Waals surface area (Å²) in [5.74, 6) is -4.07. The van der Waals surface area contributed by atoms with Crippen molar-refractivity contribution in [2.24, 2.45) is 0 Å². The van der Waals surface area contributed by atoms with Crippen molar-refractivity contribution in [2.75, 3.05) is 13.1 Å². The molecule has 0 bridgehead atoms. The second-order valence-electron chi connectivity index (χ2n) is 3.30. The van der Waals surface area contributed by atoms with E-state index in [0.29, 0.717) is 0 Å². The molecule has 0 fully saturated rings. The Labute approximate surface area is 109 Å². The highest BCUT2D eigenvalue weighted by atomic mass is 19.4. The summed E-state index contributed by atoms with van der Waals surface area (Å²) in [7, 11) is 0. The zero-order chi connectivity index (χ0) is 15.8. The van der Waals surface area contributed by atoms with Gasteiger partial charge in [0.2, 0.25) is 0 Å². The second kappa shape index (κ2) is 7.56. The van der Waals surface area contributed by atoms with Gasteiger partial charge in [-0.2, -0.15) is 26.3 Å². The van der Waals surface area contributed by atoms with Gasteiger partial charge >= 0.3 is 12.4 Å². The molecule has 0 atom stereocenters. The zero-order valence-corrected chi connectivity index (χ0v) is 9.81. The first kappa shape index (κ1) is 18.0. The van der Waals surface area contributed by atoms with Crippen LogP contribution in [0.3, 0.4) is 0 Å². The number of ketones is 2. The van der Waals surface area contributed by atoms with E-state index in [1.807, 2.05) is 0 Å². The van der Waals surface area contributed by atoms with Gasteiger partial charge < -0.3 is 10.6 Å². The fourth-order valence-corrected chi connectivity index (χ4v) is 0.769. The molecule has 0 aliphatic rings. The maximum atomic E-state index is 11.7. The molecule has 0 aromatic heterocycles. The second-order valence-corrected chi connectivity index (χ2v) is 3.30. The van der Waals surface area contributed by atoms with E-state index >= 15 is 0 Å². The SMILES string of the molecule is O=C(/C=C\NCCN/C=C\C(=O)C(F)(F)F)C(F)(F)F. The van der Waals surface area contributed by atoms with Crippen molar-refractivity contribution in [2.45, 2.75) is 12.4 Å². The first-order valence-electron chi connectivity index (χ1n) is 5.07. The molecule has 0 aliphatic heterocycles. The molecule has 10 heteroatoms. The number of hydrogen-bond donors (Lipinski definition) is 2. The minimum Gasteiger partial charge on any atom is -0.389 e. The van der Waals surface area contributed by atoms with Gasteiger partial charge in [-0.3, -0.25) is 9.59 Å². The van der Waals surface area contributed by atoms with Gasteiger partial charge in [0.15, 0.2) is 0 Å². The molecule has 0 unspecified atom stereocenters. The van der Waals surface area contributed by atoms with Crippen molar-refractivity contribution in [3.05, 3.63) is 24.6 Å². The van der Waals surface area contributed by atoms with E-state index in [-0.39, 0.29) is 25.2 Å². The number of rotatable bonds is 7. The molecule has 20 heavy (non-hydrogen) atoms. The molecule has 114 valence electrons. The van der Waals surface area contributed by atoms with Gasteiger partial charge in [0.05, 0.1) is 0 Å². The molecule has 0 amide bonds. The molecule has 2 N–H and O–H groups in total. The lowest BCUT2D eigenvalue weighted by molar-refractivity contribution is -0.165. The number of carbonyl (C=O) groups excluding carboxylic acids is 2. The lowest BCUT2D eigenvalue weighted by Gasteiger charge is -2.03. The van der Waals surface area contributed by atoms with E-state index in [4.69, 9.17) is 0 Å². The number of allylic oxidation sites excluding steroid dienone is 2. The molecule has 0 aliphatic carbocycles. The van der Waals surface area contributed by atoms with E-state index in [1.54, 1.807) is 0 Å². The smallest absolute Gasteiger partial charge is 0.389 e.